The molecule has 0 amide bonds. The summed E-state index contributed by atoms with van der Waals surface area (Å²) < 4.78 is 0. The Kier molecular flexibility index (Phi) is 2.23. The molecular weight excluding hydrogens is 234 g/mol. The first-order valence-electron chi connectivity index (χ1n) is 5.14. The number of hydrogen-bond acceptors (Lipinski definition) is 3. The highest BCUT2D eigenvalue weighted by Gasteiger charge is 2.11. The fourth-order valence-corrected chi connectivity index (χ4v) is 2.49. The van der Waals surface area contributed by atoms with Crippen molar-refractivity contribution in [2.24, 2.45) is 0 Å². The number of benzene rings is 1. The lowest BCUT2D eigenvalue weighted by molar-refractivity contribution is 0.104. The Balaban J connectivity index is 2.09. The Labute approximate surface area is 101 Å². The normalized spacial score (nSPS) is 10.8. The summed E-state index contributed by atoms with van der Waals surface area (Å²) in [5.41, 5.74) is 1.46. The van der Waals surface area contributed by atoms with Gasteiger partial charge in [-0.25, -0.2) is 0 Å². The summed E-state index contributed by atoms with van der Waals surface area (Å²) in [7, 11) is 0. The summed E-state index contributed by atoms with van der Waals surface area (Å²) in [6.45, 7) is 0. The first-order chi connectivity index (χ1) is 8.24. The Morgan fingerprint density at radius 2 is 2.12 bits per heavy atom. The highest BCUT2D eigenvalue weighted by Crippen LogP contribution is 2.23. The summed E-state index contributed by atoms with van der Waals surface area (Å²) in [4.78, 5) is 15.6. The molecule has 0 aliphatic heterocycles. The van der Waals surface area contributed by atoms with Gasteiger partial charge in [-0.05, 0) is 29.6 Å². The van der Waals surface area contributed by atoms with Gasteiger partial charge in [0.15, 0.2) is 5.88 Å². The van der Waals surface area contributed by atoms with E-state index >= 15 is 0 Å². The third-order valence-corrected chi connectivity index (χ3v) is 3.48. The van der Waals surface area contributed by atoms with E-state index in [0.29, 0.717) is 5.56 Å². The number of hydrogen-bond donors (Lipinski definition) is 2. The monoisotopic (exact) mass is 243 g/mol. The maximum Gasteiger partial charge on any atom is 0.202 e. The number of aromatic hydroxyl groups is 1. The van der Waals surface area contributed by atoms with Gasteiger partial charge in [0, 0.05) is 22.5 Å². The van der Waals surface area contributed by atoms with E-state index in [4.69, 9.17) is 0 Å². The van der Waals surface area contributed by atoms with Crippen molar-refractivity contribution in [3.63, 3.8) is 0 Å². The SMILES string of the molecule is O=C(c1ccc2[nH]c(O)cc2c1)c1cccs1. The average molecular weight is 243 g/mol. The fraction of sp³-hybridized carbons (Fsp3) is 0. The zero-order valence-electron chi connectivity index (χ0n) is 8.81. The summed E-state index contributed by atoms with van der Waals surface area (Å²) in [6.07, 6.45) is 0. The number of H-pyrrole nitrogens is 1. The predicted octanol–water partition coefficient (Wildman–Crippen LogP) is 3.17. The topological polar surface area (TPSA) is 53.1 Å². The molecule has 0 saturated heterocycles. The third-order valence-electron chi connectivity index (χ3n) is 2.61. The second-order valence-corrected chi connectivity index (χ2v) is 4.71. The molecule has 84 valence electrons. The van der Waals surface area contributed by atoms with E-state index in [9.17, 15) is 9.90 Å². The minimum atomic E-state index is 0.0163. The van der Waals surface area contributed by atoms with Crippen LogP contribution in [0.1, 0.15) is 15.2 Å². The molecule has 0 spiro atoms. The number of ketones is 1. The number of fused-ring (bicyclic) bond motifs is 1. The van der Waals surface area contributed by atoms with Crippen LogP contribution < -0.4 is 0 Å². The first-order valence-corrected chi connectivity index (χ1v) is 6.02. The fourth-order valence-electron chi connectivity index (χ4n) is 1.81. The van der Waals surface area contributed by atoms with Crippen LogP contribution in [0.5, 0.6) is 5.88 Å². The molecule has 0 fully saturated rings. The lowest BCUT2D eigenvalue weighted by Crippen LogP contribution is -1.97. The molecule has 2 heterocycles. The van der Waals surface area contributed by atoms with Crippen molar-refractivity contribution >= 4 is 28.0 Å². The molecule has 4 heteroatoms. The second-order valence-electron chi connectivity index (χ2n) is 3.76. The van der Waals surface area contributed by atoms with Crippen LogP contribution in [0, 0.1) is 0 Å². The van der Waals surface area contributed by atoms with Crippen LogP contribution >= 0.6 is 11.3 Å². The van der Waals surface area contributed by atoms with Crippen molar-refractivity contribution in [3.8, 4) is 5.88 Å². The van der Waals surface area contributed by atoms with E-state index < -0.39 is 0 Å². The summed E-state index contributed by atoms with van der Waals surface area (Å²) in [6, 6.07) is 10.6. The molecule has 0 radical (unpaired) electrons. The molecule has 0 saturated carbocycles. The van der Waals surface area contributed by atoms with Crippen molar-refractivity contribution in [3.05, 3.63) is 52.2 Å². The summed E-state index contributed by atoms with van der Waals surface area (Å²) >= 11 is 1.43. The van der Waals surface area contributed by atoms with E-state index in [1.165, 1.54) is 11.3 Å². The van der Waals surface area contributed by atoms with E-state index in [1.54, 1.807) is 24.3 Å². The zero-order valence-corrected chi connectivity index (χ0v) is 9.62. The first kappa shape index (κ1) is 10.1. The highest BCUT2D eigenvalue weighted by molar-refractivity contribution is 7.12. The Hall–Kier alpha value is -2.07. The van der Waals surface area contributed by atoms with Crippen LogP contribution in [0.25, 0.3) is 10.9 Å². The van der Waals surface area contributed by atoms with Gasteiger partial charge in [-0.2, -0.15) is 0 Å². The lowest BCUT2D eigenvalue weighted by Gasteiger charge is -1.98. The van der Waals surface area contributed by atoms with E-state index in [0.717, 1.165) is 15.8 Å². The van der Waals surface area contributed by atoms with Crippen molar-refractivity contribution in [2.45, 2.75) is 0 Å². The van der Waals surface area contributed by atoms with Crippen LogP contribution in [-0.4, -0.2) is 15.9 Å². The van der Waals surface area contributed by atoms with Crippen LogP contribution in [0.15, 0.2) is 41.8 Å². The molecule has 3 rings (SSSR count). The highest BCUT2D eigenvalue weighted by atomic mass is 32.1. The molecule has 0 aliphatic carbocycles. The molecule has 2 aromatic heterocycles. The maximum atomic E-state index is 12.1. The zero-order chi connectivity index (χ0) is 11.8. The quantitative estimate of drug-likeness (QED) is 0.679. The van der Waals surface area contributed by atoms with Crippen LogP contribution in [0.4, 0.5) is 0 Å². The van der Waals surface area contributed by atoms with Crippen LogP contribution in [-0.2, 0) is 0 Å². The van der Waals surface area contributed by atoms with Gasteiger partial charge in [0.05, 0.1) is 4.88 Å². The molecule has 0 bridgehead atoms. The predicted molar refractivity (Wildman–Crippen MR) is 67.7 cm³/mol. The number of rotatable bonds is 2. The van der Waals surface area contributed by atoms with Crippen molar-refractivity contribution < 1.29 is 9.90 Å². The molecule has 2 N–H and O–H groups in total. The molecule has 0 atom stereocenters. The van der Waals surface area contributed by atoms with Gasteiger partial charge in [-0.3, -0.25) is 4.79 Å². The smallest absolute Gasteiger partial charge is 0.202 e. The van der Waals surface area contributed by atoms with Crippen molar-refractivity contribution in [1.82, 2.24) is 4.98 Å². The van der Waals surface area contributed by atoms with Gasteiger partial charge >= 0.3 is 0 Å². The molecule has 3 nitrogen and oxygen atoms in total. The lowest BCUT2D eigenvalue weighted by atomic mass is 10.1. The molecule has 0 unspecified atom stereocenters. The van der Waals surface area contributed by atoms with E-state index in [-0.39, 0.29) is 11.7 Å². The number of nitrogens with one attached hydrogen (secondary N) is 1. The number of thiophene rings is 1. The van der Waals surface area contributed by atoms with Crippen molar-refractivity contribution in [1.29, 1.82) is 0 Å². The molecular formula is C13H9NO2S. The third kappa shape index (κ3) is 1.72. The van der Waals surface area contributed by atoms with Gasteiger partial charge < -0.3 is 10.1 Å². The van der Waals surface area contributed by atoms with Gasteiger partial charge in [0.1, 0.15) is 0 Å². The standard InChI is InChI=1S/C13H9NO2S/c15-12-7-9-6-8(3-4-10(9)14-12)13(16)11-2-1-5-17-11/h1-7,14-15H. The number of aromatic nitrogens is 1. The summed E-state index contributed by atoms with van der Waals surface area (Å²) in [5, 5.41) is 12.1. The van der Waals surface area contributed by atoms with Gasteiger partial charge in [0.25, 0.3) is 0 Å². The minimum absolute atomic E-state index is 0.0163. The van der Waals surface area contributed by atoms with Crippen LogP contribution in [0.3, 0.4) is 0 Å². The molecule has 1 aromatic carbocycles. The number of carbonyl (C=O) groups is 1. The molecule has 0 aliphatic rings. The average Bonchev–Trinajstić information content (AvgIpc) is 2.94. The second kappa shape index (κ2) is 3.75. The minimum Gasteiger partial charge on any atom is -0.495 e. The summed E-state index contributed by atoms with van der Waals surface area (Å²) in [5.74, 6) is 0.128. The Bertz CT molecular complexity index is 683. The maximum absolute atomic E-state index is 12.1. The Morgan fingerprint density at radius 3 is 2.88 bits per heavy atom. The van der Waals surface area contributed by atoms with E-state index in [1.807, 2.05) is 17.5 Å². The Morgan fingerprint density at radius 1 is 1.24 bits per heavy atom. The van der Waals surface area contributed by atoms with Gasteiger partial charge in [0.2, 0.25) is 5.78 Å². The number of aromatic amines is 1. The van der Waals surface area contributed by atoms with Crippen LogP contribution in [0.2, 0.25) is 0 Å². The number of carbonyl (C=O) groups excluding carboxylic acids is 1. The molecule has 17 heavy (non-hydrogen) atoms. The van der Waals surface area contributed by atoms with Gasteiger partial charge in [-0.15, -0.1) is 11.3 Å². The van der Waals surface area contributed by atoms with Gasteiger partial charge in [-0.1, -0.05) is 6.07 Å². The largest absolute Gasteiger partial charge is 0.495 e. The van der Waals surface area contributed by atoms with Crippen molar-refractivity contribution in [2.75, 3.05) is 0 Å². The molecule has 3 aromatic rings. The van der Waals surface area contributed by atoms with E-state index in [2.05, 4.69) is 4.98 Å².